The summed E-state index contributed by atoms with van der Waals surface area (Å²) in [5.41, 5.74) is 1.37. The number of nitrogens with zero attached hydrogens (tertiary/aromatic N) is 1. The Morgan fingerprint density at radius 3 is 2.84 bits per heavy atom. The van der Waals surface area contributed by atoms with Crippen LogP contribution in [-0.2, 0) is 16.0 Å². The van der Waals surface area contributed by atoms with Crippen LogP contribution < -0.4 is 5.32 Å². The van der Waals surface area contributed by atoms with Crippen molar-refractivity contribution in [3.05, 3.63) is 35.9 Å². The molecular weight excluding hydrogens is 336 g/mol. The van der Waals surface area contributed by atoms with E-state index in [1.165, 1.54) is 5.56 Å². The van der Waals surface area contributed by atoms with Gasteiger partial charge in [0.25, 0.3) is 0 Å². The highest BCUT2D eigenvalue weighted by Crippen LogP contribution is 2.22. The summed E-state index contributed by atoms with van der Waals surface area (Å²) in [6.07, 6.45) is 5.25. The van der Waals surface area contributed by atoms with Crippen LogP contribution in [0.15, 0.2) is 30.3 Å². The number of rotatable bonds is 6. The van der Waals surface area contributed by atoms with E-state index in [1.807, 2.05) is 11.0 Å². The van der Waals surface area contributed by atoms with Gasteiger partial charge >= 0.3 is 0 Å². The first kappa shape index (κ1) is 20.2. The molecule has 0 saturated carbocycles. The van der Waals surface area contributed by atoms with Crippen molar-refractivity contribution in [2.45, 2.75) is 51.2 Å². The second-order valence-electron chi connectivity index (χ2n) is 7.23. The van der Waals surface area contributed by atoms with Crippen LogP contribution in [0.4, 0.5) is 0 Å². The van der Waals surface area contributed by atoms with Crippen molar-refractivity contribution < 1.29 is 9.53 Å². The molecule has 2 aliphatic rings. The predicted molar refractivity (Wildman–Crippen MR) is 103 cm³/mol. The lowest BCUT2D eigenvalue weighted by atomic mass is 9.92. The van der Waals surface area contributed by atoms with E-state index in [2.05, 4.69) is 36.5 Å². The summed E-state index contributed by atoms with van der Waals surface area (Å²) in [4.78, 5) is 14.7. The summed E-state index contributed by atoms with van der Waals surface area (Å²) in [5.74, 6) is 0.553. The van der Waals surface area contributed by atoms with Crippen molar-refractivity contribution in [2.75, 3.05) is 26.2 Å². The van der Waals surface area contributed by atoms with Crippen LogP contribution in [0.3, 0.4) is 0 Å². The molecule has 2 heterocycles. The maximum atomic E-state index is 12.6. The first-order valence-corrected chi connectivity index (χ1v) is 9.40. The summed E-state index contributed by atoms with van der Waals surface area (Å²) in [5, 5.41) is 3.42. The van der Waals surface area contributed by atoms with Crippen LogP contribution in [0.2, 0.25) is 0 Å². The van der Waals surface area contributed by atoms with Gasteiger partial charge in [-0.05, 0) is 51.1 Å². The Balaban J connectivity index is 0.00000225. The Bertz CT molecular complexity index is 526. The van der Waals surface area contributed by atoms with Crippen molar-refractivity contribution in [1.29, 1.82) is 0 Å². The molecule has 1 aromatic carbocycles. The lowest BCUT2D eigenvalue weighted by Crippen LogP contribution is -2.43. The Morgan fingerprint density at radius 1 is 1.28 bits per heavy atom. The zero-order valence-corrected chi connectivity index (χ0v) is 16.0. The monoisotopic (exact) mass is 366 g/mol. The number of hydrogen-bond donors (Lipinski definition) is 1. The van der Waals surface area contributed by atoms with Crippen LogP contribution in [0.25, 0.3) is 0 Å². The minimum absolute atomic E-state index is 0. The quantitative estimate of drug-likeness (QED) is 0.787. The topological polar surface area (TPSA) is 41.6 Å². The average molecular weight is 367 g/mol. The van der Waals surface area contributed by atoms with Crippen LogP contribution in [-0.4, -0.2) is 49.2 Å². The zero-order chi connectivity index (χ0) is 16.8. The van der Waals surface area contributed by atoms with Crippen LogP contribution in [0.5, 0.6) is 0 Å². The normalized spacial score (nSPS) is 26.3. The maximum Gasteiger partial charge on any atom is 0.225 e. The van der Waals surface area contributed by atoms with Crippen molar-refractivity contribution in [2.24, 2.45) is 5.92 Å². The third-order valence-electron chi connectivity index (χ3n) is 5.24. The largest absolute Gasteiger partial charge is 0.376 e. The predicted octanol–water partition coefficient (Wildman–Crippen LogP) is 3.05. The number of carbonyl (C=O) groups is 1. The third-order valence-corrected chi connectivity index (χ3v) is 5.24. The van der Waals surface area contributed by atoms with Crippen LogP contribution in [0, 0.1) is 5.92 Å². The highest BCUT2D eigenvalue weighted by Gasteiger charge is 2.33. The molecule has 1 N–H and O–H groups in total. The zero-order valence-electron chi connectivity index (χ0n) is 15.2. The molecule has 5 heteroatoms. The number of aryl methyl sites for hydroxylation is 1. The van der Waals surface area contributed by atoms with E-state index >= 15 is 0 Å². The van der Waals surface area contributed by atoms with Gasteiger partial charge in [-0.25, -0.2) is 0 Å². The van der Waals surface area contributed by atoms with E-state index in [4.69, 9.17) is 4.74 Å². The van der Waals surface area contributed by atoms with Crippen LogP contribution in [0.1, 0.15) is 38.2 Å². The van der Waals surface area contributed by atoms with E-state index in [1.54, 1.807) is 0 Å². The first-order valence-electron chi connectivity index (χ1n) is 9.40. The molecule has 3 rings (SSSR count). The molecule has 0 bridgehead atoms. The van der Waals surface area contributed by atoms with Gasteiger partial charge in [-0.3, -0.25) is 4.79 Å². The molecule has 0 radical (unpaired) electrons. The van der Waals surface area contributed by atoms with Gasteiger partial charge in [0.05, 0.1) is 6.10 Å². The van der Waals surface area contributed by atoms with E-state index in [0.717, 1.165) is 58.3 Å². The van der Waals surface area contributed by atoms with Gasteiger partial charge in [-0.15, -0.1) is 12.4 Å². The van der Waals surface area contributed by atoms with Gasteiger partial charge in [0.1, 0.15) is 0 Å². The Hall–Kier alpha value is -1.10. The molecule has 25 heavy (non-hydrogen) atoms. The van der Waals surface area contributed by atoms with E-state index in [-0.39, 0.29) is 24.4 Å². The lowest BCUT2D eigenvalue weighted by Gasteiger charge is -2.30. The van der Waals surface area contributed by atoms with Crippen LogP contribution >= 0.6 is 12.4 Å². The van der Waals surface area contributed by atoms with Gasteiger partial charge in [0, 0.05) is 31.7 Å². The maximum absolute atomic E-state index is 12.6. The van der Waals surface area contributed by atoms with Gasteiger partial charge in [-0.1, -0.05) is 30.3 Å². The number of nitrogens with one attached hydrogen (secondary N) is 1. The highest BCUT2D eigenvalue weighted by atomic mass is 35.5. The molecule has 1 amide bonds. The number of amides is 1. The number of piperidine rings is 1. The lowest BCUT2D eigenvalue weighted by molar-refractivity contribution is -0.136. The van der Waals surface area contributed by atoms with E-state index in [9.17, 15) is 4.79 Å². The third kappa shape index (κ3) is 5.98. The number of carbonyl (C=O) groups excluding carboxylic acids is 1. The molecule has 0 aromatic heterocycles. The Kier molecular flexibility index (Phi) is 8.20. The van der Waals surface area contributed by atoms with Crippen molar-refractivity contribution in [3.63, 3.8) is 0 Å². The Labute approximate surface area is 157 Å². The van der Waals surface area contributed by atoms with Gasteiger partial charge < -0.3 is 15.0 Å². The van der Waals surface area contributed by atoms with Crippen molar-refractivity contribution in [1.82, 2.24) is 10.2 Å². The number of halogens is 1. The molecule has 140 valence electrons. The molecule has 2 saturated heterocycles. The molecule has 0 aliphatic carbocycles. The van der Waals surface area contributed by atoms with Crippen molar-refractivity contribution >= 4 is 18.3 Å². The fraction of sp³-hybridized carbons (Fsp3) is 0.650. The SMILES string of the molecule is C[C@H]1C[C@@H](C(=O)N2CCC(OCCCc3ccccc3)C2)CCN1.Cl. The first-order chi connectivity index (χ1) is 11.7. The van der Waals surface area contributed by atoms with E-state index in [0.29, 0.717) is 11.9 Å². The molecule has 2 aliphatic heterocycles. The fourth-order valence-electron chi connectivity index (χ4n) is 3.85. The summed E-state index contributed by atoms with van der Waals surface area (Å²) in [7, 11) is 0. The Morgan fingerprint density at radius 2 is 2.08 bits per heavy atom. The summed E-state index contributed by atoms with van der Waals surface area (Å²) < 4.78 is 6.01. The smallest absolute Gasteiger partial charge is 0.225 e. The minimum atomic E-state index is 0. The summed E-state index contributed by atoms with van der Waals surface area (Å²) in [6.45, 7) is 5.56. The number of ether oxygens (including phenoxy) is 1. The van der Waals surface area contributed by atoms with E-state index < -0.39 is 0 Å². The number of benzene rings is 1. The van der Waals surface area contributed by atoms with Gasteiger partial charge in [-0.2, -0.15) is 0 Å². The standard InChI is InChI=1S/C20H30N2O2.ClH/c1-16-14-18(9-11-21-16)20(23)22-12-10-19(15-22)24-13-5-8-17-6-3-2-4-7-17;/h2-4,6-7,16,18-19,21H,5,8-15H2,1H3;1H/t16-,18-,19?;/m0./s1. The molecule has 0 spiro atoms. The highest BCUT2D eigenvalue weighted by molar-refractivity contribution is 5.85. The van der Waals surface area contributed by atoms with Gasteiger partial charge in [0.15, 0.2) is 0 Å². The second kappa shape index (κ2) is 10.1. The average Bonchev–Trinajstić information content (AvgIpc) is 3.08. The van der Waals surface area contributed by atoms with Gasteiger partial charge in [0.2, 0.25) is 5.91 Å². The molecule has 1 aromatic rings. The van der Waals surface area contributed by atoms with Crippen molar-refractivity contribution in [3.8, 4) is 0 Å². The molecule has 1 unspecified atom stereocenters. The molecule has 2 fully saturated rings. The molecule has 4 nitrogen and oxygen atoms in total. The fourth-order valence-corrected chi connectivity index (χ4v) is 3.85. The number of likely N-dealkylation sites (tertiary alicyclic amines) is 1. The summed E-state index contributed by atoms with van der Waals surface area (Å²) >= 11 is 0. The minimum Gasteiger partial charge on any atom is -0.376 e. The summed E-state index contributed by atoms with van der Waals surface area (Å²) in [6, 6.07) is 11.0. The molecule has 3 atom stereocenters. The molecular formula is C20H31ClN2O2. The second-order valence-corrected chi connectivity index (χ2v) is 7.23. The number of hydrogen-bond acceptors (Lipinski definition) is 3.